The molecule has 0 aromatic carbocycles. The molecule has 0 aromatic heterocycles. The van der Waals surface area contributed by atoms with Crippen molar-refractivity contribution in [2.24, 2.45) is 10.5 Å². The summed E-state index contributed by atoms with van der Waals surface area (Å²) in [6.07, 6.45) is -0.0903. The molecule has 3 unspecified atom stereocenters. The maximum atomic E-state index is 11.9. The van der Waals surface area contributed by atoms with Crippen molar-refractivity contribution in [1.82, 2.24) is 0 Å². The molecule has 1 heterocycles. The number of hydrogen-bond donors (Lipinski definition) is 4. The molecule has 4 N–H and O–H groups in total. The van der Waals surface area contributed by atoms with Gasteiger partial charge in [-0.15, -0.1) is 0 Å². The van der Waals surface area contributed by atoms with E-state index in [1.54, 1.807) is 18.6 Å². The minimum Gasteiger partial charge on any atom is -0.379 e. The number of azide groups is 1. The second-order valence-electron chi connectivity index (χ2n) is 9.12. The molecule has 15 nitrogen and oxygen atoms in total. The van der Waals surface area contributed by atoms with Crippen LogP contribution in [0.4, 0.5) is 0 Å². The number of hydrogen-bond acceptors (Lipinski definition) is 11. The molecule has 0 saturated carbocycles. The molecule has 1 saturated heterocycles. The molecular weight excluding hydrogens is 570 g/mol. The third-order valence-electron chi connectivity index (χ3n) is 4.28. The Morgan fingerprint density at radius 2 is 1.77 bits per heavy atom. The van der Waals surface area contributed by atoms with Crippen molar-refractivity contribution in [2.75, 3.05) is 19.1 Å². The normalized spacial score (nSPS) is 25.0. The molecular formula is C14H31BN3O12P3S2. The van der Waals surface area contributed by atoms with Gasteiger partial charge in [-0.1, -0.05) is 40.5 Å². The van der Waals surface area contributed by atoms with Gasteiger partial charge < -0.3 is 29.0 Å². The van der Waals surface area contributed by atoms with Gasteiger partial charge >= 0.3 is 23.5 Å². The lowest BCUT2D eigenvalue weighted by Gasteiger charge is -2.33. The summed E-state index contributed by atoms with van der Waals surface area (Å²) in [6, 6.07) is -0.259. The summed E-state index contributed by atoms with van der Waals surface area (Å²) in [5.74, 6) is 0.261. The lowest BCUT2D eigenvalue weighted by molar-refractivity contribution is -0.0237. The van der Waals surface area contributed by atoms with Gasteiger partial charge in [-0.25, -0.2) is 13.7 Å². The number of nitrogens with zero attached hydrogens (tertiary/aromatic N) is 3. The molecule has 5 atom stereocenters. The Balaban J connectivity index is 2.55. The molecule has 204 valence electrons. The lowest BCUT2D eigenvalue weighted by Crippen LogP contribution is -2.29. The van der Waals surface area contributed by atoms with Crippen molar-refractivity contribution in [1.29, 1.82) is 0 Å². The molecule has 0 aromatic rings. The summed E-state index contributed by atoms with van der Waals surface area (Å²) in [5, 5.41) is 3.66. The Kier molecular flexibility index (Phi) is 12.9. The summed E-state index contributed by atoms with van der Waals surface area (Å²) < 4.78 is 57.4. The Bertz CT molecular complexity index is 903. The maximum absolute atomic E-state index is 11.9. The van der Waals surface area contributed by atoms with Crippen LogP contribution in [0.1, 0.15) is 40.5 Å². The molecule has 0 amide bonds. The zero-order valence-corrected chi connectivity index (χ0v) is 24.1. The van der Waals surface area contributed by atoms with Gasteiger partial charge in [-0.05, 0) is 37.6 Å². The van der Waals surface area contributed by atoms with Gasteiger partial charge in [0.2, 0.25) is 0 Å². The Labute approximate surface area is 212 Å². The van der Waals surface area contributed by atoms with E-state index in [9.17, 15) is 23.5 Å². The molecule has 0 aliphatic carbocycles. The Morgan fingerprint density at radius 3 is 2.34 bits per heavy atom. The van der Waals surface area contributed by atoms with E-state index < -0.39 is 42.3 Å². The van der Waals surface area contributed by atoms with E-state index >= 15 is 0 Å². The Hall–Kier alpha value is 0.405. The average Bonchev–Trinajstić information content (AvgIpc) is 2.98. The van der Waals surface area contributed by atoms with Crippen LogP contribution in [-0.4, -0.2) is 69.5 Å². The van der Waals surface area contributed by atoms with Crippen LogP contribution in [0, 0.1) is 5.41 Å². The quantitative estimate of drug-likeness (QED) is 0.0291. The minimum atomic E-state index is -5.59. The topological polar surface area (TPSA) is 227 Å². The van der Waals surface area contributed by atoms with Crippen LogP contribution >= 0.6 is 45.1 Å². The first kappa shape index (κ1) is 33.4. The number of ether oxygens (including phenoxy) is 2. The van der Waals surface area contributed by atoms with E-state index in [0.29, 0.717) is 13.0 Å². The highest BCUT2D eigenvalue weighted by Crippen LogP contribution is 2.66. The molecule has 1 aliphatic rings. The fraction of sp³-hybridized carbons (Fsp3) is 1.00. The second-order valence-corrected chi connectivity index (χ2v) is 16.5. The average molecular weight is 601 g/mol. The van der Waals surface area contributed by atoms with Gasteiger partial charge in [0.15, 0.2) is 0 Å². The van der Waals surface area contributed by atoms with E-state index in [1.165, 1.54) is 10.8 Å². The monoisotopic (exact) mass is 601 g/mol. The molecule has 1 rings (SSSR count). The first-order valence-electron chi connectivity index (χ1n) is 10.1. The molecule has 0 bridgehead atoms. The predicted molar refractivity (Wildman–Crippen MR) is 133 cm³/mol. The Morgan fingerprint density at radius 1 is 1.14 bits per heavy atom. The fourth-order valence-electron chi connectivity index (χ4n) is 3.47. The van der Waals surface area contributed by atoms with Gasteiger partial charge in [0.05, 0.1) is 12.7 Å². The van der Waals surface area contributed by atoms with Gasteiger partial charge in [0.25, 0.3) is 0 Å². The summed E-state index contributed by atoms with van der Waals surface area (Å²) in [7, 11) is -11.5. The summed E-state index contributed by atoms with van der Waals surface area (Å²) >= 11 is 0. The fourth-order valence-corrected chi connectivity index (χ4v) is 8.99. The van der Waals surface area contributed by atoms with E-state index in [0.717, 1.165) is 6.42 Å². The number of phosphoric ester groups is 1. The molecule has 1 aliphatic heterocycles. The SMILES string of the molecule is B[C@H]1CC(OCSSC(C)(C)CC(C)(C)CN=[N+]=[N-])[C@@H](COP(=O)(O)OP(=O)(O)OP(=O)(O)O)O1. The van der Waals surface area contributed by atoms with Crippen molar-refractivity contribution >= 4 is 52.9 Å². The minimum absolute atomic E-state index is 0.154. The van der Waals surface area contributed by atoms with E-state index in [1.807, 2.05) is 13.8 Å². The number of phosphoric acid groups is 3. The zero-order valence-electron chi connectivity index (χ0n) is 19.8. The highest BCUT2D eigenvalue weighted by Gasteiger charge is 2.42. The third-order valence-corrected chi connectivity index (χ3v) is 11.0. The smallest absolute Gasteiger partial charge is 0.379 e. The number of rotatable bonds is 16. The second kappa shape index (κ2) is 13.5. The van der Waals surface area contributed by atoms with Crippen molar-refractivity contribution < 1.29 is 55.9 Å². The van der Waals surface area contributed by atoms with Crippen molar-refractivity contribution in [3.8, 4) is 0 Å². The summed E-state index contributed by atoms with van der Waals surface area (Å²) in [5.41, 5.74) is 8.35. The molecule has 0 spiro atoms. The highest BCUT2D eigenvalue weighted by molar-refractivity contribution is 8.77. The summed E-state index contributed by atoms with van der Waals surface area (Å²) in [4.78, 5) is 38.8. The molecule has 35 heavy (non-hydrogen) atoms. The van der Waals surface area contributed by atoms with E-state index in [-0.39, 0.29) is 22.1 Å². The van der Waals surface area contributed by atoms with Crippen LogP contribution in [-0.2, 0) is 36.3 Å². The first-order valence-corrected chi connectivity index (χ1v) is 17.0. The van der Waals surface area contributed by atoms with Gasteiger partial charge in [-0.2, -0.15) is 8.62 Å². The predicted octanol–water partition coefficient (Wildman–Crippen LogP) is 3.31. The largest absolute Gasteiger partial charge is 0.490 e. The van der Waals surface area contributed by atoms with Crippen molar-refractivity contribution in [2.45, 2.75) is 63.5 Å². The molecule has 0 radical (unpaired) electrons. The molecule has 1 fully saturated rings. The van der Waals surface area contributed by atoms with Crippen LogP contribution in [0.3, 0.4) is 0 Å². The third kappa shape index (κ3) is 14.8. The van der Waals surface area contributed by atoms with E-state index in [2.05, 4.69) is 37.0 Å². The van der Waals surface area contributed by atoms with Gasteiger partial charge in [0, 0.05) is 22.2 Å². The zero-order chi connectivity index (χ0) is 27.1. The van der Waals surface area contributed by atoms with E-state index in [4.69, 9.17) is 24.8 Å². The standard InChI is InChI=1S/C14H31BN3O12P3S2/c1-13(2,8-17-18-16)7-14(3,4)35-34-9-26-10-5-12(15)28-11(10)6-27-32(22,23)30-33(24,25)29-31(19,20)21/h10-12H,5-9,15H2,1-4H3,(H,22,23)(H,24,25)(H2,19,20,21)/t10?,11-,12-/m1/s1. The van der Waals surface area contributed by atoms with Gasteiger partial charge in [-0.3, -0.25) is 4.52 Å². The highest BCUT2D eigenvalue weighted by atomic mass is 33.1. The molecule has 21 heteroatoms. The van der Waals surface area contributed by atoms with Crippen LogP contribution in [0.2, 0.25) is 0 Å². The van der Waals surface area contributed by atoms with Crippen molar-refractivity contribution in [3.63, 3.8) is 0 Å². The van der Waals surface area contributed by atoms with Crippen LogP contribution in [0.15, 0.2) is 5.11 Å². The summed E-state index contributed by atoms with van der Waals surface area (Å²) in [6.45, 7) is 7.98. The maximum Gasteiger partial charge on any atom is 0.490 e. The van der Waals surface area contributed by atoms with Crippen LogP contribution < -0.4 is 0 Å². The first-order chi connectivity index (χ1) is 15.7. The van der Waals surface area contributed by atoms with Crippen molar-refractivity contribution in [3.05, 3.63) is 10.4 Å². The van der Waals surface area contributed by atoms with Crippen LogP contribution in [0.25, 0.3) is 10.4 Å². The van der Waals surface area contributed by atoms with Crippen LogP contribution in [0.5, 0.6) is 0 Å². The lowest BCUT2D eigenvalue weighted by atomic mass is 9.84. The van der Waals surface area contributed by atoms with Gasteiger partial charge in [0.1, 0.15) is 19.9 Å².